The first-order valence-electron chi connectivity index (χ1n) is 5.78. The summed E-state index contributed by atoms with van der Waals surface area (Å²) in [5, 5.41) is 20.4. The van der Waals surface area contributed by atoms with Gasteiger partial charge >= 0.3 is 0 Å². The molecule has 1 fully saturated rings. The molecular formula is C11H15NO4S2. The lowest BCUT2D eigenvalue weighted by Gasteiger charge is -2.06. The van der Waals surface area contributed by atoms with Gasteiger partial charge in [0.1, 0.15) is 4.21 Å². The van der Waals surface area contributed by atoms with Crippen LogP contribution in [0, 0.1) is 10.1 Å². The first-order chi connectivity index (χ1) is 8.58. The second-order valence-corrected chi connectivity index (χ2v) is 6.57. The number of thioether (sulfide) groups is 1. The molecule has 0 amide bonds. The lowest BCUT2D eigenvalue weighted by molar-refractivity contribution is -0.387. The van der Waals surface area contributed by atoms with Crippen LogP contribution < -0.4 is 0 Å². The summed E-state index contributed by atoms with van der Waals surface area (Å²) in [5.41, 5.74) is 0.0962. The third kappa shape index (κ3) is 3.23. The van der Waals surface area contributed by atoms with E-state index in [1.807, 2.05) is 0 Å². The summed E-state index contributed by atoms with van der Waals surface area (Å²) in [7, 11) is 0. The van der Waals surface area contributed by atoms with Crippen molar-refractivity contribution < 1.29 is 14.8 Å². The number of hydrogen-bond donors (Lipinski definition) is 1. The van der Waals surface area contributed by atoms with Gasteiger partial charge in [0.2, 0.25) is 0 Å². The van der Waals surface area contributed by atoms with Crippen LogP contribution in [-0.2, 0) is 4.74 Å². The van der Waals surface area contributed by atoms with Crippen LogP contribution in [0.15, 0.2) is 10.3 Å². The largest absolute Gasteiger partial charge is 0.388 e. The highest BCUT2D eigenvalue weighted by Gasteiger charge is 2.23. The molecule has 18 heavy (non-hydrogen) atoms. The SMILES string of the molecule is CC(O)c1cc([N+](=O)[O-])c(SCC2CCCO2)s1. The van der Waals surface area contributed by atoms with Crippen LogP contribution in [0.5, 0.6) is 0 Å². The molecule has 1 N–H and O–H groups in total. The molecule has 1 aliphatic rings. The van der Waals surface area contributed by atoms with Crippen LogP contribution in [0.3, 0.4) is 0 Å². The van der Waals surface area contributed by atoms with E-state index in [0.29, 0.717) is 9.09 Å². The van der Waals surface area contributed by atoms with E-state index >= 15 is 0 Å². The molecule has 0 radical (unpaired) electrons. The first kappa shape index (κ1) is 13.8. The van der Waals surface area contributed by atoms with E-state index in [1.54, 1.807) is 6.92 Å². The highest BCUT2D eigenvalue weighted by molar-refractivity contribution is 8.01. The summed E-state index contributed by atoms with van der Waals surface area (Å²) >= 11 is 2.75. The van der Waals surface area contributed by atoms with Crippen molar-refractivity contribution in [3.63, 3.8) is 0 Å². The van der Waals surface area contributed by atoms with Crippen molar-refractivity contribution in [3.05, 3.63) is 21.1 Å². The predicted octanol–water partition coefficient (Wildman–Crippen LogP) is 2.98. The van der Waals surface area contributed by atoms with Gasteiger partial charge in [-0.05, 0) is 19.8 Å². The number of ether oxygens (including phenoxy) is 1. The molecule has 1 saturated heterocycles. The minimum atomic E-state index is -0.661. The van der Waals surface area contributed by atoms with Gasteiger partial charge in [-0.25, -0.2) is 0 Å². The quantitative estimate of drug-likeness (QED) is 0.512. The maximum absolute atomic E-state index is 10.9. The van der Waals surface area contributed by atoms with Crippen molar-refractivity contribution in [1.82, 2.24) is 0 Å². The Hall–Kier alpha value is -0.630. The standard InChI is InChI=1S/C11H15NO4S2/c1-7(13)10-5-9(12(14)15)11(18-10)17-6-8-3-2-4-16-8/h5,7-8,13H,2-4,6H2,1H3. The third-order valence-corrected chi connectivity index (χ3v) is 5.43. The number of nitro groups is 1. The van der Waals surface area contributed by atoms with Crippen LogP contribution in [0.2, 0.25) is 0 Å². The molecule has 1 aromatic heterocycles. The molecule has 100 valence electrons. The lowest BCUT2D eigenvalue weighted by Crippen LogP contribution is -2.07. The van der Waals surface area contributed by atoms with Gasteiger partial charge in [-0.3, -0.25) is 10.1 Å². The van der Waals surface area contributed by atoms with Gasteiger partial charge in [-0.1, -0.05) is 0 Å². The molecule has 2 rings (SSSR count). The summed E-state index contributed by atoms with van der Waals surface area (Å²) in [6.45, 7) is 2.40. The van der Waals surface area contributed by atoms with Crippen LogP contribution in [-0.4, -0.2) is 28.5 Å². The van der Waals surface area contributed by atoms with Crippen LogP contribution >= 0.6 is 23.1 Å². The summed E-state index contributed by atoms with van der Waals surface area (Å²) in [4.78, 5) is 11.2. The third-order valence-electron chi connectivity index (χ3n) is 2.73. The number of aliphatic hydroxyl groups excluding tert-OH is 1. The summed E-state index contributed by atoms with van der Waals surface area (Å²) < 4.78 is 6.15. The monoisotopic (exact) mass is 289 g/mol. The maximum atomic E-state index is 10.9. The van der Waals surface area contributed by atoms with E-state index in [9.17, 15) is 15.2 Å². The van der Waals surface area contributed by atoms with Crippen molar-refractivity contribution in [1.29, 1.82) is 0 Å². The molecule has 0 saturated carbocycles. The Morgan fingerprint density at radius 3 is 3.11 bits per heavy atom. The maximum Gasteiger partial charge on any atom is 0.294 e. The zero-order chi connectivity index (χ0) is 13.1. The molecule has 0 bridgehead atoms. The Kier molecular flexibility index (Phi) is 4.60. The minimum Gasteiger partial charge on any atom is -0.388 e. The molecule has 1 aliphatic heterocycles. The average molecular weight is 289 g/mol. The van der Waals surface area contributed by atoms with Crippen molar-refractivity contribution in [2.45, 2.75) is 36.2 Å². The Labute approximate surface area is 113 Å². The predicted molar refractivity (Wildman–Crippen MR) is 71.3 cm³/mol. The minimum absolute atomic E-state index is 0.0962. The molecule has 0 aliphatic carbocycles. The number of thiophene rings is 1. The van der Waals surface area contributed by atoms with Crippen molar-refractivity contribution in [2.75, 3.05) is 12.4 Å². The lowest BCUT2D eigenvalue weighted by atomic mass is 10.3. The Bertz CT molecular complexity index is 427. The van der Waals surface area contributed by atoms with Gasteiger partial charge in [0, 0.05) is 23.3 Å². The van der Waals surface area contributed by atoms with Crippen LogP contribution in [0.25, 0.3) is 0 Å². The second-order valence-electron chi connectivity index (χ2n) is 4.20. The molecule has 7 heteroatoms. The molecule has 0 aromatic carbocycles. The highest BCUT2D eigenvalue weighted by Crippen LogP contribution is 2.40. The van der Waals surface area contributed by atoms with Crippen LogP contribution in [0.1, 0.15) is 30.7 Å². The number of nitrogens with zero attached hydrogens (tertiary/aromatic N) is 1. The normalized spacial score (nSPS) is 21.1. The fourth-order valence-corrected chi connectivity index (χ4v) is 4.17. The highest BCUT2D eigenvalue weighted by atomic mass is 32.2. The number of aliphatic hydroxyl groups is 1. The first-order valence-corrected chi connectivity index (χ1v) is 7.58. The van der Waals surface area contributed by atoms with E-state index < -0.39 is 6.10 Å². The zero-order valence-electron chi connectivity index (χ0n) is 10.00. The molecule has 5 nitrogen and oxygen atoms in total. The van der Waals surface area contributed by atoms with E-state index in [4.69, 9.17) is 4.74 Å². The summed E-state index contributed by atoms with van der Waals surface area (Å²) in [5.74, 6) is 0.737. The number of rotatable bonds is 5. The molecule has 2 heterocycles. The Morgan fingerprint density at radius 2 is 2.56 bits per heavy atom. The summed E-state index contributed by atoms with van der Waals surface area (Å²) in [6, 6.07) is 1.47. The van der Waals surface area contributed by atoms with Crippen LogP contribution in [0.4, 0.5) is 5.69 Å². The van der Waals surface area contributed by atoms with Gasteiger partial charge in [0.15, 0.2) is 0 Å². The smallest absolute Gasteiger partial charge is 0.294 e. The van der Waals surface area contributed by atoms with E-state index in [2.05, 4.69) is 0 Å². The molecule has 2 atom stereocenters. The van der Waals surface area contributed by atoms with Gasteiger partial charge in [-0.15, -0.1) is 23.1 Å². The topological polar surface area (TPSA) is 72.6 Å². The average Bonchev–Trinajstić information content (AvgIpc) is 2.95. The Morgan fingerprint density at radius 1 is 1.78 bits per heavy atom. The van der Waals surface area contributed by atoms with Gasteiger partial charge in [0.05, 0.1) is 17.1 Å². The molecule has 2 unspecified atom stereocenters. The fourth-order valence-electron chi connectivity index (χ4n) is 1.76. The van der Waals surface area contributed by atoms with E-state index in [1.165, 1.54) is 29.2 Å². The fraction of sp³-hybridized carbons (Fsp3) is 0.636. The zero-order valence-corrected chi connectivity index (χ0v) is 11.6. The molecular weight excluding hydrogens is 274 g/mol. The van der Waals surface area contributed by atoms with Gasteiger partial charge < -0.3 is 9.84 Å². The van der Waals surface area contributed by atoms with Gasteiger partial charge in [-0.2, -0.15) is 0 Å². The van der Waals surface area contributed by atoms with Crippen molar-refractivity contribution in [3.8, 4) is 0 Å². The molecule has 0 spiro atoms. The Balaban J connectivity index is 2.07. The van der Waals surface area contributed by atoms with E-state index in [-0.39, 0.29) is 16.7 Å². The van der Waals surface area contributed by atoms with Crippen molar-refractivity contribution in [2.24, 2.45) is 0 Å². The summed E-state index contributed by atoms with van der Waals surface area (Å²) in [6.07, 6.45) is 1.63. The van der Waals surface area contributed by atoms with Crippen molar-refractivity contribution >= 4 is 28.8 Å². The number of hydrogen-bond acceptors (Lipinski definition) is 6. The molecule has 1 aromatic rings. The van der Waals surface area contributed by atoms with E-state index in [0.717, 1.165) is 25.2 Å². The second kappa shape index (κ2) is 6.01. The van der Waals surface area contributed by atoms with Gasteiger partial charge in [0.25, 0.3) is 5.69 Å².